The van der Waals surface area contributed by atoms with Crippen molar-refractivity contribution in [3.8, 4) is 0 Å². The molecule has 0 unspecified atom stereocenters. The fourth-order valence-corrected chi connectivity index (χ4v) is 4.82. The van der Waals surface area contributed by atoms with Gasteiger partial charge in [-0.3, -0.25) is 4.79 Å². The summed E-state index contributed by atoms with van der Waals surface area (Å²) < 4.78 is 0. The average Bonchev–Trinajstić information content (AvgIpc) is 2.91. The molecule has 0 saturated carbocycles. The van der Waals surface area contributed by atoms with Gasteiger partial charge >= 0.3 is 0 Å². The maximum atomic E-state index is 12.5. The van der Waals surface area contributed by atoms with Gasteiger partial charge in [0.15, 0.2) is 0 Å². The van der Waals surface area contributed by atoms with Gasteiger partial charge in [-0.1, -0.05) is 37.3 Å². The van der Waals surface area contributed by atoms with E-state index in [2.05, 4.69) is 24.0 Å². The Morgan fingerprint density at radius 1 is 1.26 bits per heavy atom. The first kappa shape index (κ1) is 14.6. The number of nitrogens with zero attached hydrogens (tertiary/aromatic N) is 1. The molecule has 0 bridgehead atoms. The first-order valence-electron chi connectivity index (χ1n) is 8.28. The van der Waals surface area contributed by atoms with E-state index < -0.39 is 0 Å². The number of thiophene rings is 1. The molecule has 4 heteroatoms. The lowest BCUT2D eigenvalue weighted by molar-refractivity contribution is 0.509. The Bertz CT molecular complexity index is 895. The van der Waals surface area contributed by atoms with Crippen LogP contribution in [0.3, 0.4) is 0 Å². The van der Waals surface area contributed by atoms with Gasteiger partial charge in [-0.2, -0.15) is 0 Å². The Morgan fingerprint density at radius 3 is 2.91 bits per heavy atom. The fourth-order valence-electron chi connectivity index (χ4n) is 3.42. The molecule has 3 aromatic rings. The van der Waals surface area contributed by atoms with Crippen molar-refractivity contribution in [1.82, 2.24) is 9.97 Å². The smallest absolute Gasteiger partial charge is 0.259 e. The molecule has 2 aromatic heterocycles. The third-order valence-electron chi connectivity index (χ3n) is 4.71. The monoisotopic (exact) mass is 324 g/mol. The predicted molar refractivity (Wildman–Crippen MR) is 95.3 cm³/mol. The Labute approximate surface area is 139 Å². The Hall–Kier alpha value is -1.94. The third-order valence-corrected chi connectivity index (χ3v) is 5.86. The molecule has 1 aliphatic carbocycles. The summed E-state index contributed by atoms with van der Waals surface area (Å²) in [5, 5.41) is 0.848. The van der Waals surface area contributed by atoms with E-state index in [9.17, 15) is 4.79 Å². The summed E-state index contributed by atoms with van der Waals surface area (Å²) in [7, 11) is 0. The molecule has 0 spiro atoms. The maximum absolute atomic E-state index is 12.5. The van der Waals surface area contributed by atoms with Crippen molar-refractivity contribution in [1.29, 1.82) is 0 Å². The van der Waals surface area contributed by atoms with Crippen LogP contribution >= 0.6 is 11.3 Å². The number of aryl methyl sites for hydroxylation is 3. The van der Waals surface area contributed by atoms with E-state index in [1.165, 1.54) is 22.4 Å². The molecular formula is C19H20N2OS. The molecule has 0 amide bonds. The number of nitrogens with one attached hydrogen (secondary N) is 1. The van der Waals surface area contributed by atoms with Crippen LogP contribution in [0.25, 0.3) is 10.2 Å². The van der Waals surface area contributed by atoms with E-state index in [0.717, 1.165) is 41.7 Å². The normalized spacial score (nSPS) is 17.3. The van der Waals surface area contributed by atoms with Crippen molar-refractivity contribution >= 4 is 21.6 Å². The van der Waals surface area contributed by atoms with Gasteiger partial charge in [0.2, 0.25) is 0 Å². The van der Waals surface area contributed by atoms with Crippen LogP contribution in [-0.2, 0) is 25.7 Å². The Morgan fingerprint density at radius 2 is 2.09 bits per heavy atom. The van der Waals surface area contributed by atoms with Crippen LogP contribution in [0.5, 0.6) is 0 Å². The average molecular weight is 324 g/mol. The minimum absolute atomic E-state index is 0.0464. The van der Waals surface area contributed by atoms with Gasteiger partial charge in [0, 0.05) is 11.3 Å². The number of hydrogen-bond acceptors (Lipinski definition) is 3. The van der Waals surface area contributed by atoms with Gasteiger partial charge in [-0.15, -0.1) is 11.3 Å². The van der Waals surface area contributed by atoms with Crippen molar-refractivity contribution in [2.45, 2.75) is 39.0 Å². The largest absolute Gasteiger partial charge is 0.310 e. The van der Waals surface area contributed by atoms with Crippen LogP contribution in [0.2, 0.25) is 0 Å². The van der Waals surface area contributed by atoms with Gasteiger partial charge in [0.05, 0.1) is 5.39 Å². The minimum atomic E-state index is 0.0464. The van der Waals surface area contributed by atoms with Gasteiger partial charge in [-0.05, 0) is 42.7 Å². The zero-order valence-electron chi connectivity index (χ0n) is 13.3. The number of hydrogen-bond donors (Lipinski definition) is 1. The summed E-state index contributed by atoms with van der Waals surface area (Å²) in [6.07, 6.45) is 4.96. The van der Waals surface area contributed by atoms with Gasteiger partial charge < -0.3 is 4.98 Å². The van der Waals surface area contributed by atoms with Gasteiger partial charge in [0.1, 0.15) is 10.7 Å². The van der Waals surface area contributed by atoms with Crippen molar-refractivity contribution in [2.75, 3.05) is 0 Å². The van der Waals surface area contributed by atoms with E-state index in [0.29, 0.717) is 5.92 Å². The summed E-state index contributed by atoms with van der Waals surface area (Å²) in [6, 6.07) is 10.3. The van der Waals surface area contributed by atoms with Crippen LogP contribution < -0.4 is 5.56 Å². The molecule has 23 heavy (non-hydrogen) atoms. The highest BCUT2D eigenvalue weighted by molar-refractivity contribution is 7.18. The standard InChI is InChI=1S/C19H20N2OS/c1-12-7-9-14-15(11-12)23-19-17(14)18(22)20-16(21-19)10-8-13-5-3-2-4-6-13/h2-6,12H,7-11H2,1H3,(H,20,21,22)/t12-/m0/s1. The second-order valence-corrected chi connectivity index (χ2v) is 7.61. The first-order valence-corrected chi connectivity index (χ1v) is 9.09. The lowest BCUT2D eigenvalue weighted by atomic mass is 9.89. The quantitative estimate of drug-likeness (QED) is 0.794. The topological polar surface area (TPSA) is 45.8 Å². The van der Waals surface area contributed by atoms with Crippen molar-refractivity contribution < 1.29 is 0 Å². The Balaban J connectivity index is 1.66. The van der Waals surface area contributed by atoms with E-state index >= 15 is 0 Å². The summed E-state index contributed by atoms with van der Waals surface area (Å²) in [5.41, 5.74) is 2.58. The van der Waals surface area contributed by atoms with Crippen molar-refractivity contribution in [3.63, 3.8) is 0 Å². The van der Waals surface area contributed by atoms with E-state index in [1.54, 1.807) is 11.3 Å². The number of aromatic nitrogens is 2. The van der Waals surface area contributed by atoms with Crippen molar-refractivity contribution in [2.24, 2.45) is 5.92 Å². The summed E-state index contributed by atoms with van der Waals surface area (Å²) in [6.45, 7) is 2.29. The molecular weight excluding hydrogens is 304 g/mol. The lowest BCUT2D eigenvalue weighted by Gasteiger charge is -2.17. The maximum Gasteiger partial charge on any atom is 0.259 e. The molecule has 1 atom stereocenters. The highest BCUT2D eigenvalue weighted by Gasteiger charge is 2.22. The zero-order chi connectivity index (χ0) is 15.8. The van der Waals surface area contributed by atoms with Crippen LogP contribution in [0, 0.1) is 5.92 Å². The Kier molecular flexibility index (Phi) is 3.77. The summed E-state index contributed by atoms with van der Waals surface area (Å²) in [4.78, 5) is 22.6. The molecule has 0 radical (unpaired) electrons. The second-order valence-electron chi connectivity index (χ2n) is 6.53. The molecule has 118 valence electrons. The molecule has 1 aliphatic rings. The number of aromatic amines is 1. The molecule has 0 aliphatic heterocycles. The third kappa shape index (κ3) is 2.83. The molecule has 4 rings (SSSR count). The summed E-state index contributed by atoms with van der Waals surface area (Å²) >= 11 is 1.72. The zero-order valence-corrected chi connectivity index (χ0v) is 14.1. The molecule has 0 saturated heterocycles. The molecule has 0 fully saturated rings. The van der Waals surface area contributed by atoms with Gasteiger partial charge in [0.25, 0.3) is 5.56 Å². The number of fused-ring (bicyclic) bond motifs is 3. The van der Waals surface area contributed by atoms with Crippen LogP contribution in [0.15, 0.2) is 35.1 Å². The first-order chi connectivity index (χ1) is 11.2. The molecule has 2 heterocycles. The number of benzene rings is 1. The predicted octanol–water partition coefficient (Wildman–Crippen LogP) is 3.89. The van der Waals surface area contributed by atoms with E-state index in [4.69, 9.17) is 4.98 Å². The van der Waals surface area contributed by atoms with E-state index in [1.807, 2.05) is 18.2 Å². The number of rotatable bonds is 3. The van der Waals surface area contributed by atoms with E-state index in [-0.39, 0.29) is 5.56 Å². The van der Waals surface area contributed by atoms with Crippen molar-refractivity contribution in [3.05, 3.63) is 62.5 Å². The molecule has 3 nitrogen and oxygen atoms in total. The summed E-state index contributed by atoms with van der Waals surface area (Å²) in [5.74, 6) is 1.52. The lowest BCUT2D eigenvalue weighted by Crippen LogP contribution is -2.15. The van der Waals surface area contributed by atoms with Crippen LogP contribution in [0.4, 0.5) is 0 Å². The van der Waals surface area contributed by atoms with Gasteiger partial charge in [-0.25, -0.2) is 4.98 Å². The highest BCUT2D eigenvalue weighted by atomic mass is 32.1. The van der Waals surface area contributed by atoms with Crippen LogP contribution in [0.1, 0.15) is 35.2 Å². The van der Waals surface area contributed by atoms with Crippen LogP contribution in [-0.4, -0.2) is 9.97 Å². The molecule has 1 aromatic carbocycles. The number of H-pyrrole nitrogens is 1. The minimum Gasteiger partial charge on any atom is -0.310 e. The fraction of sp³-hybridized carbons (Fsp3) is 0.368. The highest BCUT2D eigenvalue weighted by Crippen LogP contribution is 2.35. The SMILES string of the molecule is C[C@H]1CCc2c(sc3nc(CCc4ccccc4)[nH]c(=O)c23)C1. The second kappa shape index (κ2) is 5.93. The molecule has 1 N–H and O–H groups in total.